The Morgan fingerprint density at radius 1 is 1.38 bits per heavy atom. The number of hydrogen-bond donors (Lipinski definition) is 1. The van der Waals surface area contributed by atoms with Gasteiger partial charge in [0.1, 0.15) is 0 Å². The molecule has 0 saturated carbocycles. The number of carbonyl (C=O) groups is 1. The molecule has 0 aliphatic rings. The summed E-state index contributed by atoms with van der Waals surface area (Å²) in [6.07, 6.45) is 1.56. The van der Waals surface area contributed by atoms with E-state index in [4.69, 9.17) is 0 Å². The minimum atomic E-state index is -0.378. The summed E-state index contributed by atoms with van der Waals surface area (Å²) in [6, 6.07) is 9.91. The molecule has 2 rings (SSSR count). The third kappa shape index (κ3) is 3.82. The van der Waals surface area contributed by atoms with E-state index < -0.39 is 0 Å². The summed E-state index contributed by atoms with van der Waals surface area (Å²) in [7, 11) is 0. The molecule has 0 radical (unpaired) electrons. The molecule has 1 heterocycles. The third-order valence-electron chi connectivity index (χ3n) is 2.70. The Hall–Kier alpha value is -2.34. The summed E-state index contributed by atoms with van der Waals surface area (Å²) in [5.74, 6) is -0.282. The second kappa shape index (κ2) is 6.90. The van der Waals surface area contributed by atoms with Crippen LogP contribution in [0.5, 0.6) is 5.88 Å². The summed E-state index contributed by atoms with van der Waals surface area (Å²) >= 11 is 1.11. The summed E-state index contributed by atoms with van der Waals surface area (Å²) in [4.78, 5) is 27.7. The lowest BCUT2D eigenvalue weighted by Gasteiger charge is -2.09. The van der Waals surface area contributed by atoms with E-state index in [1.54, 1.807) is 30.3 Å². The second-order valence-corrected chi connectivity index (χ2v) is 5.15. The quantitative estimate of drug-likeness (QED) is 0.383. The number of carbonyl (C=O) groups excluding carboxylic acids is 1. The highest BCUT2D eigenvalue weighted by atomic mass is 32.2. The number of ketones is 1. The van der Waals surface area contributed by atoms with Gasteiger partial charge in [-0.1, -0.05) is 48.2 Å². The fraction of sp³-hybridized carbons (Fsp3) is 0.133. The molecule has 1 aromatic carbocycles. The van der Waals surface area contributed by atoms with Gasteiger partial charge in [-0.2, -0.15) is 4.98 Å². The van der Waals surface area contributed by atoms with Crippen molar-refractivity contribution in [3.05, 3.63) is 65.0 Å². The number of Topliss-reactive ketones (excluding diaryl/α,β-unsaturated/α-hetero) is 1. The molecule has 0 amide bonds. The first-order valence-electron chi connectivity index (χ1n) is 6.24. The summed E-state index contributed by atoms with van der Waals surface area (Å²) in [5, 5.41) is 9.72. The number of thioether (sulfide) groups is 1. The fourth-order valence-electron chi connectivity index (χ4n) is 1.72. The summed E-state index contributed by atoms with van der Waals surface area (Å²) in [5.41, 5.74) is 0.222. The molecule has 0 atom stereocenters. The average molecular weight is 302 g/mol. The Kier molecular flexibility index (Phi) is 4.94. The van der Waals surface area contributed by atoms with Crippen LogP contribution in [0, 0.1) is 0 Å². The molecule has 0 unspecified atom stereocenters. The Morgan fingerprint density at radius 2 is 2.10 bits per heavy atom. The van der Waals surface area contributed by atoms with Crippen molar-refractivity contribution in [2.45, 2.75) is 11.7 Å². The van der Waals surface area contributed by atoms with Gasteiger partial charge in [0.05, 0.1) is 11.8 Å². The van der Waals surface area contributed by atoms with E-state index in [1.807, 2.05) is 6.07 Å². The van der Waals surface area contributed by atoms with Crippen LogP contribution < -0.4 is 5.56 Å². The van der Waals surface area contributed by atoms with Crippen molar-refractivity contribution in [1.82, 2.24) is 9.55 Å². The van der Waals surface area contributed by atoms with Crippen molar-refractivity contribution >= 4 is 17.5 Å². The topological polar surface area (TPSA) is 72.2 Å². The van der Waals surface area contributed by atoms with E-state index in [0.717, 1.165) is 17.8 Å². The van der Waals surface area contributed by atoms with Gasteiger partial charge >= 0.3 is 0 Å². The number of hydrogen-bond acceptors (Lipinski definition) is 5. The number of rotatable bonds is 6. The summed E-state index contributed by atoms with van der Waals surface area (Å²) in [6.45, 7) is 3.85. The standard InChI is InChI=1S/C15H14N2O3S/c1-2-8-17-14(20)9-13(19)16-15(17)21-10-12(18)11-6-4-3-5-7-11/h2-7,9,19H,1,8,10H2. The van der Waals surface area contributed by atoms with Crippen LogP contribution in [0.25, 0.3) is 0 Å². The van der Waals surface area contributed by atoms with Gasteiger partial charge in [-0.15, -0.1) is 6.58 Å². The first-order valence-corrected chi connectivity index (χ1v) is 7.23. The molecule has 2 aromatic rings. The fourth-order valence-corrected chi connectivity index (χ4v) is 2.62. The van der Waals surface area contributed by atoms with E-state index >= 15 is 0 Å². The third-order valence-corrected chi connectivity index (χ3v) is 3.68. The molecule has 0 aliphatic carbocycles. The molecule has 108 valence electrons. The molecule has 1 aromatic heterocycles. The predicted molar refractivity (Wildman–Crippen MR) is 81.9 cm³/mol. The smallest absolute Gasteiger partial charge is 0.258 e. The molecule has 6 heteroatoms. The molecule has 0 bridgehead atoms. The molecule has 1 N–H and O–H groups in total. The zero-order valence-corrected chi connectivity index (χ0v) is 12.0. The predicted octanol–water partition coefficient (Wildman–Crippen LogP) is 2.11. The molecule has 0 saturated heterocycles. The van der Waals surface area contributed by atoms with Crippen LogP contribution in [0.15, 0.2) is 59.0 Å². The lowest BCUT2D eigenvalue weighted by Crippen LogP contribution is -2.21. The lowest BCUT2D eigenvalue weighted by atomic mass is 10.2. The minimum Gasteiger partial charge on any atom is -0.493 e. The highest BCUT2D eigenvalue weighted by molar-refractivity contribution is 7.99. The monoisotopic (exact) mass is 302 g/mol. The molecular weight excluding hydrogens is 288 g/mol. The maximum absolute atomic E-state index is 12.0. The molecule has 0 spiro atoms. The van der Waals surface area contributed by atoms with Crippen molar-refractivity contribution < 1.29 is 9.90 Å². The Morgan fingerprint density at radius 3 is 2.76 bits per heavy atom. The van der Waals surface area contributed by atoms with Crippen molar-refractivity contribution in [2.24, 2.45) is 0 Å². The number of nitrogens with zero attached hydrogens (tertiary/aromatic N) is 2. The molecule has 0 aliphatic heterocycles. The highest BCUT2D eigenvalue weighted by Gasteiger charge is 2.11. The highest BCUT2D eigenvalue weighted by Crippen LogP contribution is 2.18. The zero-order chi connectivity index (χ0) is 15.2. The average Bonchev–Trinajstić information content (AvgIpc) is 2.48. The number of allylic oxidation sites excluding steroid dienone is 1. The maximum Gasteiger partial charge on any atom is 0.258 e. The molecular formula is C15H14N2O3S. The Labute approximate surface area is 126 Å². The normalized spacial score (nSPS) is 10.3. The van der Waals surface area contributed by atoms with Gasteiger partial charge in [0.15, 0.2) is 10.9 Å². The van der Waals surface area contributed by atoms with Gasteiger partial charge < -0.3 is 5.11 Å². The molecule has 0 fully saturated rings. The largest absolute Gasteiger partial charge is 0.493 e. The number of aromatic nitrogens is 2. The van der Waals surface area contributed by atoms with Crippen LogP contribution in [0.4, 0.5) is 0 Å². The van der Waals surface area contributed by atoms with Crippen LogP contribution >= 0.6 is 11.8 Å². The van der Waals surface area contributed by atoms with Crippen molar-refractivity contribution in [1.29, 1.82) is 0 Å². The van der Waals surface area contributed by atoms with E-state index in [-0.39, 0.29) is 29.5 Å². The lowest BCUT2D eigenvalue weighted by molar-refractivity contribution is 0.102. The van der Waals surface area contributed by atoms with Gasteiger partial charge in [-0.05, 0) is 0 Å². The van der Waals surface area contributed by atoms with Gasteiger partial charge in [-0.25, -0.2) is 0 Å². The van der Waals surface area contributed by atoms with Crippen LogP contribution in [0.3, 0.4) is 0 Å². The van der Waals surface area contributed by atoms with Crippen molar-refractivity contribution in [3.8, 4) is 5.88 Å². The number of benzene rings is 1. The molecule has 21 heavy (non-hydrogen) atoms. The van der Waals surface area contributed by atoms with E-state index in [1.165, 1.54) is 4.57 Å². The number of aromatic hydroxyl groups is 1. The van der Waals surface area contributed by atoms with Crippen molar-refractivity contribution in [2.75, 3.05) is 5.75 Å². The Balaban J connectivity index is 2.18. The van der Waals surface area contributed by atoms with Gasteiger partial charge in [-0.3, -0.25) is 14.2 Å². The van der Waals surface area contributed by atoms with Crippen LogP contribution in [0.2, 0.25) is 0 Å². The van der Waals surface area contributed by atoms with Crippen molar-refractivity contribution in [3.63, 3.8) is 0 Å². The maximum atomic E-state index is 12.0. The SMILES string of the molecule is C=CCn1c(SCC(=O)c2ccccc2)nc(O)cc1=O. The van der Waals surface area contributed by atoms with Crippen LogP contribution in [-0.2, 0) is 6.54 Å². The van der Waals surface area contributed by atoms with Crippen LogP contribution in [0.1, 0.15) is 10.4 Å². The summed E-state index contributed by atoms with van der Waals surface area (Å²) < 4.78 is 1.36. The molecule has 5 nitrogen and oxygen atoms in total. The first kappa shape index (κ1) is 15.1. The van der Waals surface area contributed by atoms with E-state index in [0.29, 0.717) is 10.7 Å². The van der Waals surface area contributed by atoms with E-state index in [9.17, 15) is 14.7 Å². The van der Waals surface area contributed by atoms with Gasteiger partial charge in [0.25, 0.3) is 5.56 Å². The van der Waals surface area contributed by atoms with E-state index in [2.05, 4.69) is 11.6 Å². The van der Waals surface area contributed by atoms with Gasteiger partial charge in [0.2, 0.25) is 5.88 Å². The Bertz CT molecular complexity index is 711. The second-order valence-electron chi connectivity index (χ2n) is 4.21. The first-order chi connectivity index (χ1) is 10.1. The van der Waals surface area contributed by atoms with Crippen LogP contribution in [-0.4, -0.2) is 26.2 Å². The zero-order valence-electron chi connectivity index (χ0n) is 11.2. The minimum absolute atomic E-state index is 0.0663. The van der Waals surface area contributed by atoms with Gasteiger partial charge in [0, 0.05) is 12.1 Å².